The molecule has 478 valence electrons. The maximum atomic E-state index is 13.2. The summed E-state index contributed by atoms with van der Waals surface area (Å²) in [5.41, 5.74) is 39.5. The van der Waals surface area contributed by atoms with Gasteiger partial charge in [0, 0.05) is 13.1 Å². The number of urea groups is 4. The number of carbonyl (C=O) groups excluding carboxylic acids is 4. The molecule has 0 saturated heterocycles. The van der Waals surface area contributed by atoms with Gasteiger partial charge in [-0.15, -0.1) is 0 Å². The van der Waals surface area contributed by atoms with Gasteiger partial charge in [0.15, 0.2) is 0 Å². The lowest BCUT2D eigenvalue weighted by Gasteiger charge is -2.24. The summed E-state index contributed by atoms with van der Waals surface area (Å²) in [6, 6.07) is 7.36. The SMILES string of the molecule is CCCCCCCCCCCCCCCCCCCCCN(C(N)=O)c1nc(N)nc(N(C(N)=O)c2ccc(-c3ccc(N(C(N)=O)c4nc(N)nc(N(CCCCCCCCCCCCCCCCCCCCC)C(N)=O)n4)c(C)c3)cc2C)n1. The maximum absolute atomic E-state index is 13.2. The van der Waals surface area contributed by atoms with E-state index >= 15 is 0 Å². The highest BCUT2D eigenvalue weighted by Gasteiger charge is 2.27. The Morgan fingerprint density at radius 1 is 0.326 bits per heavy atom. The first-order valence-corrected chi connectivity index (χ1v) is 33.2. The van der Waals surface area contributed by atoms with Crippen LogP contribution >= 0.6 is 0 Å². The summed E-state index contributed by atoms with van der Waals surface area (Å²) in [6.45, 7) is 8.65. The van der Waals surface area contributed by atoms with E-state index in [0.29, 0.717) is 35.3 Å². The van der Waals surface area contributed by atoms with Crippen LogP contribution in [0, 0.1) is 13.8 Å². The molecule has 8 amide bonds. The minimum absolute atomic E-state index is 0.0872. The first-order chi connectivity index (χ1) is 41.7. The Labute approximate surface area is 515 Å². The van der Waals surface area contributed by atoms with Gasteiger partial charge in [0.2, 0.25) is 35.7 Å². The van der Waals surface area contributed by atoms with Crippen molar-refractivity contribution in [3.8, 4) is 11.1 Å². The van der Waals surface area contributed by atoms with Crippen LogP contribution in [0.1, 0.15) is 269 Å². The number of primary amides is 4. The van der Waals surface area contributed by atoms with E-state index in [4.69, 9.17) is 34.4 Å². The molecule has 86 heavy (non-hydrogen) atoms. The molecule has 0 bridgehead atoms. The van der Waals surface area contributed by atoms with Crippen LogP contribution < -0.4 is 54.0 Å². The average molecular weight is 1190 g/mol. The Morgan fingerprint density at radius 3 is 0.779 bits per heavy atom. The van der Waals surface area contributed by atoms with E-state index < -0.39 is 24.1 Å². The van der Waals surface area contributed by atoms with Crippen LogP contribution in [0.15, 0.2) is 36.4 Å². The Morgan fingerprint density at radius 2 is 0.558 bits per heavy atom. The van der Waals surface area contributed by atoms with E-state index in [1.54, 1.807) is 38.1 Å². The lowest BCUT2D eigenvalue weighted by atomic mass is 9.99. The molecule has 0 aliphatic heterocycles. The molecule has 0 aliphatic rings. The zero-order valence-electron chi connectivity index (χ0n) is 53.3. The summed E-state index contributed by atoms with van der Waals surface area (Å²) in [7, 11) is 0. The van der Waals surface area contributed by atoms with Crippen LogP contribution in [0.5, 0.6) is 0 Å². The third-order valence-corrected chi connectivity index (χ3v) is 16.3. The number of benzene rings is 2. The highest BCUT2D eigenvalue weighted by molar-refractivity contribution is 5.99. The van der Waals surface area contributed by atoms with E-state index in [1.807, 2.05) is 12.1 Å². The van der Waals surface area contributed by atoms with Gasteiger partial charge in [-0.25, -0.2) is 29.0 Å². The third-order valence-electron chi connectivity index (χ3n) is 16.3. The van der Waals surface area contributed by atoms with E-state index in [1.165, 1.54) is 202 Å². The molecule has 0 saturated carbocycles. The van der Waals surface area contributed by atoms with Crippen molar-refractivity contribution in [1.82, 2.24) is 29.9 Å². The van der Waals surface area contributed by atoms with Gasteiger partial charge < -0.3 is 34.4 Å². The smallest absolute Gasteiger partial charge is 0.326 e. The monoisotopic (exact) mass is 1190 g/mol. The number of aromatic nitrogens is 6. The van der Waals surface area contributed by atoms with Crippen LogP contribution in [0.2, 0.25) is 0 Å². The number of unbranched alkanes of at least 4 members (excludes halogenated alkanes) is 36. The largest absolute Gasteiger partial charge is 0.368 e. The van der Waals surface area contributed by atoms with Gasteiger partial charge >= 0.3 is 24.1 Å². The fraction of sp³-hybridized carbons (Fsp3) is 0.667. The number of rotatable bonds is 47. The van der Waals surface area contributed by atoms with Gasteiger partial charge in [0.25, 0.3) is 0 Å². The van der Waals surface area contributed by atoms with Crippen LogP contribution in [0.3, 0.4) is 0 Å². The highest BCUT2D eigenvalue weighted by Crippen LogP contribution is 2.35. The topological polar surface area (TPSA) is 315 Å². The maximum Gasteiger partial charge on any atom is 0.326 e. The number of nitrogens with two attached hydrogens (primary N) is 6. The molecule has 0 radical (unpaired) electrons. The van der Waals surface area contributed by atoms with Gasteiger partial charge in [0.1, 0.15) is 0 Å². The Balaban J connectivity index is 1.28. The molecule has 20 heteroatoms. The molecule has 12 N–H and O–H groups in total. The number of carbonyl (C=O) groups is 4. The van der Waals surface area contributed by atoms with E-state index in [9.17, 15) is 19.2 Å². The van der Waals surface area contributed by atoms with Crippen LogP contribution in [-0.4, -0.2) is 67.1 Å². The summed E-state index contributed by atoms with van der Waals surface area (Å²) >= 11 is 0. The van der Waals surface area contributed by atoms with Crippen LogP contribution in [0.4, 0.5) is 66.2 Å². The second kappa shape index (κ2) is 42.1. The van der Waals surface area contributed by atoms with Crippen molar-refractivity contribution in [2.45, 2.75) is 272 Å². The van der Waals surface area contributed by atoms with Crippen LogP contribution in [-0.2, 0) is 0 Å². The summed E-state index contributed by atoms with van der Waals surface area (Å²) in [5, 5.41) is 0. The molecule has 0 atom stereocenters. The predicted octanol–water partition coefficient (Wildman–Crippen LogP) is 16.6. The minimum atomic E-state index is -0.893. The lowest BCUT2D eigenvalue weighted by Crippen LogP contribution is -2.39. The number of nitrogens with zero attached hydrogens (tertiary/aromatic N) is 10. The standard InChI is InChI=1S/C66H110N16O4/c1-5-7-9-11-13-15-17-19-21-23-25-27-29-31-33-35-37-39-41-47-79(59(69)83)63-73-57(67)75-65(77-63)81(61(71)85)55-45-43-53(49-51(55)3)54-44-46-56(52(4)50-54)82(62(72)86)66-76-58(68)74-64(78-66)80(60(70)84)48-42-40-38-36-34-32-30-28-26-24-22-20-18-16-14-12-10-8-6-2/h43-46,49-50H,5-42,47-48H2,1-4H3,(H2,69,83)(H2,70,84)(H2,71,85)(H2,72,86)(H2,67,73,75,77)(H2,68,74,76,78). The van der Waals surface area contributed by atoms with Crippen molar-refractivity contribution in [3.05, 3.63) is 47.5 Å². The van der Waals surface area contributed by atoms with Crippen molar-refractivity contribution in [1.29, 1.82) is 0 Å². The zero-order chi connectivity index (χ0) is 62.3. The fourth-order valence-corrected chi connectivity index (χ4v) is 11.3. The lowest BCUT2D eigenvalue weighted by molar-refractivity contribution is 0.252. The molecule has 4 rings (SSSR count). The normalized spacial score (nSPS) is 11.3. The van der Waals surface area contributed by atoms with Crippen LogP contribution in [0.25, 0.3) is 11.1 Å². The molecule has 0 unspecified atom stereocenters. The number of hydrogen-bond acceptors (Lipinski definition) is 12. The number of amides is 8. The summed E-state index contributed by atoms with van der Waals surface area (Å²) < 4.78 is 0. The first kappa shape index (κ1) is 71.6. The summed E-state index contributed by atoms with van der Waals surface area (Å²) in [5.74, 6) is -0.977. The second-order valence-corrected chi connectivity index (χ2v) is 23.6. The molecule has 4 aromatic rings. The van der Waals surface area contributed by atoms with Crippen molar-refractivity contribution in [2.75, 3.05) is 44.2 Å². The van der Waals surface area contributed by atoms with Gasteiger partial charge in [0.05, 0.1) is 11.4 Å². The summed E-state index contributed by atoms with van der Waals surface area (Å²) in [4.78, 5) is 82.6. The molecule has 2 aromatic carbocycles. The Kier molecular flexibility index (Phi) is 35.0. The number of aryl methyl sites for hydroxylation is 2. The van der Waals surface area contributed by atoms with E-state index in [-0.39, 0.29) is 48.8 Å². The number of anilines is 8. The van der Waals surface area contributed by atoms with Crippen molar-refractivity contribution < 1.29 is 19.2 Å². The Bertz CT molecular complexity index is 2430. The molecule has 0 aliphatic carbocycles. The van der Waals surface area contributed by atoms with Gasteiger partial charge in [-0.05, 0) is 73.2 Å². The molecule has 20 nitrogen and oxygen atoms in total. The molecular weight excluding hydrogens is 1080 g/mol. The third kappa shape index (κ3) is 26.8. The molecular formula is C66H110N16O4. The number of nitrogen functional groups attached to an aromatic ring is 2. The number of hydrogen-bond donors (Lipinski definition) is 6. The molecule has 0 spiro atoms. The second-order valence-electron chi connectivity index (χ2n) is 23.6. The van der Waals surface area contributed by atoms with Gasteiger partial charge in [-0.3, -0.25) is 9.80 Å². The van der Waals surface area contributed by atoms with Gasteiger partial charge in [-0.2, -0.15) is 29.9 Å². The fourth-order valence-electron chi connectivity index (χ4n) is 11.3. The van der Waals surface area contributed by atoms with Crippen molar-refractivity contribution >= 4 is 71.2 Å². The van der Waals surface area contributed by atoms with Crippen molar-refractivity contribution in [2.24, 2.45) is 22.9 Å². The highest BCUT2D eigenvalue weighted by atomic mass is 16.2. The molecule has 2 heterocycles. The zero-order valence-corrected chi connectivity index (χ0v) is 53.3. The quantitative estimate of drug-likeness (QED) is 0.0225. The van der Waals surface area contributed by atoms with E-state index in [2.05, 4.69) is 43.8 Å². The Hall–Kier alpha value is -6.86. The van der Waals surface area contributed by atoms with Gasteiger partial charge in [-0.1, -0.05) is 257 Å². The predicted molar refractivity (Wildman–Crippen MR) is 354 cm³/mol. The average Bonchev–Trinajstić information content (AvgIpc) is 1.83. The summed E-state index contributed by atoms with van der Waals surface area (Å²) in [6.07, 6.45) is 47.6. The molecule has 0 fully saturated rings. The minimum Gasteiger partial charge on any atom is -0.368 e. The van der Waals surface area contributed by atoms with Crippen molar-refractivity contribution in [3.63, 3.8) is 0 Å². The molecule has 2 aromatic heterocycles. The van der Waals surface area contributed by atoms with E-state index in [0.717, 1.165) is 59.5 Å². The first-order valence-electron chi connectivity index (χ1n) is 33.2.